The summed E-state index contributed by atoms with van der Waals surface area (Å²) in [5.41, 5.74) is 1.84. The quantitative estimate of drug-likeness (QED) is 0.419. The van der Waals surface area contributed by atoms with E-state index in [2.05, 4.69) is 41.6 Å². The van der Waals surface area contributed by atoms with Gasteiger partial charge >= 0.3 is 0 Å². The lowest BCUT2D eigenvalue weighted by Gasteiger charge is -2.12. The van der Waals surface area contributed by atoms with E-state index in [1.807, 2.05) is 36.4 Å². The first kappa shape index (κ1) is 19.5. The number of benzene rings is 1. The minimum atomic E-state index is 0. The molecule has 0 atom stereocenters. The number of aromatic nitrogens is 1. The van der Waals surface area contributed by atoms with Crippen molar-refractivity contribution in [2.24, 2.45) is 10.9 Å². The molecule has 0 aliphatic rings. The van der Waals surface area contributed by atoms with Crippen molar-refractivity contribution < 1.29 is 4.52 Å². The first-order valence-electron chi connectivity index (χ1n) is 7.72. The Bertz CT molecular complexity index is 596. The van der Waals surface area contributed by atoms with Crippen LogP contribution < -0.4 is 10.6 Å². The van der Waals surface area contributed by atoms with Crippen molar-refractivity contribution in [1.82, 2.24) is 15.8 Å². The maximum atomic E-state index is 5.38. The van der Waals surface area contributed by atoms with Crippen LogP contribution in [0.25, 0.3) is 11.3 Å². The van der Waals surface area contributed by atoms with Crippen LogP contribution in [0.2, 0.25) is 0 Å². The molecule has 126 valence electrons. The van der Waals surface area contributed by atoms with Crippen LogP contribution in [0.5, 0.6) is 0 Å². The average Bonchev–Trinajstić information content (AvgIpc) is 3.00. The monoisotopic (exact) mass is 428 g/mol. The summed E-state index contributed by atoms with van der Waals surface area (Å²) in [6, 6.07) is 11.9. The van der Waals surface area contributed by atoms with Crippen LogP contribution in [0.1, 0.15) is 26.5 Å². The predicted octanol–water partition coefficient (Wildman–Crippen LogP) is 3.67. The molecule has 1 aromatic heterocycles. The van der Waals surface area contributed by atoms with Crippen molar-refractivity contribution in [3.63, 3.8) is 0 Å². The lowest BCUT2D eigenvalue weighted by Crippen LogP contribution is -2.39. The zero-order valence-corrected chi connectivity index (χ0v) is 16.2. The van der Waals surface area contributed by atoms with Crippen molar-refractivity contribution >= 4 is 29.9 Å². The second kappa shape index (κ2) is 10.3. The summed E-state index contributed by atoms with van der Waals surface area (Å²) < 4.78 is 5.38. The molecule has 23 heavy (non-hydrogen) atoms. The van der Waals surface area contributed by atoms with Gasteiger partial charge in [0.15, 0.2) is 11.7 Å². The molecule has 2 rings (SSSR count). The highest BCUT2D eigenvalue weighted by Crippen LogP contribution is 2.19. The topological polar surface area (TPSA) is 62.5 Å². The predicted molar refractivity (Wildman–Crippen MR) is 105 cm³/mol. The first-order chi connectivity index (χ1) is 10.7. The molecule has 1 heterocycles. The van der Waals surface area contributed by atoms with Gasteiger partial charge in [-0.15, -0.1) is 24.0 Å². The number of rotatable bonds is 6. The number of nitrogens with zero attached hydrogens (tertiary/aromatic N) is 2. The van der Waals surface area contributed by atoms with Crippen molar-refractivity contribution in [1.29, 1.82) is 0 Å². The van der Waals surface area contributed by atoms with Gasteiger partial charge < -0.3 is 15.2 Å². The number of halogens is 1. The number of guanidine groups is 1. The molecular formula is C17H25IN4O. The van der Waals surface area contributed by atoms with Crippen LogP contribution in [0.4, 0.5) is 0 Å². The maximum absolute atomic E-state index is 5.38. The number of nitrogens with one attached hydrogen (secondary N) is 2. The largest absolute Gasteiger partial charge is 0.357 e. The summed E-state index contributed by atoms with van der Waals surface area (Å²) in [4.78, 5) is 4.53. The van der Waals surface area contributed by atoms with Crippen LogP contribution in [-0.2, 0) is 6.54 Å². The fraction of sp³-hybridized carbons (Fsp3) is 0.412. The Morgan fingerprint density at radius 2 is 1.96 bits per heavy atom. The van der Waals surface area contributed by atoms with Gasteiger partial charge in [0.25, 0.3) is 0 Å². The molecule has 1 aromatic carbocycles. The number of hydrogen-bond donors (Lipinski definition) is 2. The Morgan fingerprint density at radius 1 is 1.22 bits per heavy atom. The molecular weight excluding hydrogens is 403 g/mol. The van der Waals surface area contributed by atoms with Gasteiger partial charge in [-0.2, -0.15) is 0 Å². The second-order valence-corrected chi connectivity index (χ2v) is 5.52. The highest BCUT2D eigenvalue weighted by atomic mass is 127. The summed E-state index contributed by atoms with van der Waals surface area (Å²) in [6.07, 6.45) is 0. The fourth-order valence-electron chi connectivity index (χ4n) is 1.93. The van der Waals surface area contributed by atoms with E-state index in [1.54, 1.807) is 0 Å². The van der Waals surface area contributed by atoms with Crippen LogP contribution in [0, 0.1) is 5.92 Å². The maximum Gasteiger partial charge on any atom is 0.191 e. The molecule has 0 bridgehead atoms. The van der Waals surface area contributed by atoms with Gasteiger partial charge in [0.1, 0.15) is 5.69 Å². The molecule has 0 saturated carbocycles. The molecule has 0 saturated heterocycles. The van der Waals surface area contributed by atoms with Crippen molar-refractivity contribution in [3.05, 3.63) is 42.1 Å². The van der Waals surface area contributed by atoms with E-state index < -0.39 is 0 Å². The fourth-order valence-corrected chi connectivity index (χ4v) is 1.93. The molecule has 0 radical (unpaired) electrons. The summed E-state index contributed by atoms with van der Waals surface area (Å²) in [7, 11) is 0. The third-order valence-electron chi connectivity index (χ3n) is 3.04. The van der Waals surface area contributed by atoms with Gasteiger partial charge in [0.05, 0.1) is 6.54 Å². The van der Waals surface area contributed by atoms with Crippen molar-refractivity contribution in [2.45, 2.75) is 27.3 Å². The highest BCUT2D eigenvalue weighted by Gasteiger charge is 2.06. The summed E-state index contributed by atoms with van der Waals surface area (Å²) in [5, 5.41) is 10.6. The zero-order chi connectivity index (χ0) is 15.8. The summed E-state index contributed by atoms with van der Waals surface area (Å²) in [5.74, 6) is 2.15. The summed E-state index contributed by atoms with van der Waals surface area (Å²) >= 11 is 0. The molecule has 0 unspecified atom stereocenters. The third kappa shape index (κ3) is 6.60. The van der Waals surface area contributed by atoms with Gasteiger partial charge in [0, 0.05) is 24.7 Å². The average molecular weight is 428 g/mol. The molecule has 6 heteroatoms. The van der Waals surface area contributed by atoms with E-state index in [0.717, 1.165) is 36.1 Å². The van der Waals surface area contributed by atoms with E-state index in [4.69, 9.17) is 4.52 Å². The molecule has 2 aromatic rings. The lowest BCUT2D eigenvalue weighted by atomic mass is 10.2. The van der Waals surface area contributed by atoms with E-state index in [9.17, 15) is 0 Å². The minimum absolute atomic E-state index is 0. The van der Waals surface area contributed by atoms with E-state index >= 15 is 0 Å². The lowest BCUT2D eigenvalue weighted by molar-refractivity contribution is 0.424. The van der Waals surface area contributed by atoms with Crippen LogP contribution in [0.15, 0.2) is 45.9 Å². The van der Waals surface area contributed by atoms with Gasteiger partial charge in [-0.1, -0.05) is 49.3 Å². The SMILES string of the molecule is CCNC(=NCc1cc(-c2ccccc2)on1)NCC(C)C.I. The van der Waals surface area contributed by atoms with Gasteiger partial charge in [-0.3, -0.25) is 0 Å². The molecule has 0 spiro atoms. The van der Waals surface area contributed by atoms with Crippen LogP contribution in [-0.4, -0.2) is 24.2 Å². The molecule has 0 aliphatic heterocycles. The highest BCUT2D eigenvalue weighted by molar-refractivity contribution is 14.0. The van der Waals surface area contributed by atoms with Crippen LogP contribution in [0.3, 0.4) is 0 Å². The van der Waals surface area contributed by atoms with E-state index in [1.165, 1.54) is 0 Å². The molecule has 0 amide bonds. The first-order valence-corrected chi connectivity index (χ1v) is 7.72. The number of hydrogen-bond acceptors (Lipinski definition) is 3. The smallest absolute Gasteiger partial charge is 0.191 e. The second-order valence-electron chi connectivity index (χ2n) is 5.52. The standard InChI is InChI=1S/C17H24N4O.HI/c1-4-18-17(19-11-13(2)3)20-12-15-10-16(22-21-15)14-8-6-5-7-9-14;/h5-10,13H,4,11-12H2,1-3H3,(H2,18,19,20);1H. The van der Waals surface area contributed by atoms with Crippen molar-refractivity contribution in [2.75, 3.05) is 13.1 Å². The van der Waals surface area contributed by atoms with Gasteiger partial charge in [-0.25, -0.2) is 4.99 Å². The summed E-state index contributed by atoms with van der Waals surface area (Å²) in [6.45, 7) is 8.60. The molecule has 5 nitrogen and oxygen atoms in total. The van der Waals surface area contributed by atoms with E-state index in [-0.39, 0.29) is 24.0 Å². The Kier molecular flexibility index (Phi) is 8.68. The number of aliphatic imine (C=N–C) groups is 1. The van der Waals surface area contributed by atoms with Gasteiger partial charge in [0.2, 0.25) is 0 Å². The Balaban J connectivity index is 0.00000264. The molecule has 0 aliphatic carbocycles. The Hall–Kier alpha value is -1.57. The molecule has 0 fully saturated rings. The Labute approximate surface area is 155 Å². The Morgan fingerprint density at radius 3 is 2.61 bits per heavy atom. The normalized spacial score (nSPS) is 11.2. The molecule has 2 N–H and O–H groups in total. The third-order valence-corrected chi connectivity index (χ3v) is 3.04. The van der Waals surface area contributed by atoms with Crippen LogP contribution >= 0.6 is 24.0 Å². The van der Waals surface area contributed by atoms with Gasteiger partial charge in [-0.05, 0) is 12.8 Å². The van der Waals surface area contributed by atoms with Crippen molar-refractivity contribution in [3.8, 4) is 11.3 Å². The zero-order valence-electron chi connectivity index (χ0n) is 13.9. The minimum Gasteiger partial charge on any atom is -0.357 e. The van der Waals surface area contributed by atoms with E-state index in [0.29, 0.717) is 12.5 Å².